The molecule has 0 aliphatic rings. The van der Waals surface area contributed by atoms with Crippen molar-refractivity contribution in [2.24, 2.45) is 0 Å². The number of nitrogen functional groups attached to an aromatic ring is 1. The van der Waals surface area contributed by atoms with Crippen LogP contribution in [0.1, 0.15) is 56.7 Å². The van der Waals surface area contributed by atoms with Crippen LogP contribution in [0, 0.1) is 0 Å². The molecule has 0 aromatic carbocycles. The molecule has 0 spiro atoms. The molecule has 0 fully saturated rings. The van der Waals surface area contributed by atoms with E-state index in [4.69, 9.17) is 5.73 Å². The van der Waals surface area contributed by atoms with Gasteiger partial charge in [0.1, 0.15) is 0 Å². The first-order valence-electron chi connectivity index (χ1n) is 6.46. The van der Waals surface area contributed by atoms with E-state index in [2.05, 4.69) is 16.8 Å². The smallest absolute Gasteiger partial charge is 0.277 e. The van der Waals surface area contributed by atoms with Crippen molar-refractivity contribution in [1.29, 1.82) is 0 Å². The minimum atomic E-state index is -0.311. The lowest BCUT2D eigenvalue weighted by molar-refractivity contribution is 0.0611. The van der Waals surface area contributed by atoms with Crippen molar-refractivity contribution in [2.45, 2.75) is 46.1 Å². The molecule has 0 saturated heterocycles. The number of hydrogen-bond donors (Lipinski definition) is 2. The minimum Gasteiger partial charge on any atom is -0.395 e. The highest BCUT2D eigenvalue weighted by atomic mass is 16.2. The lowest BCUT2D eigenvalue weighted by Crippen LogP contribution is -2.46. The van der Waals surface area contributed by atoms with Crippen molar-refractivity contribution in [3.05, 3.63) is 24.0 Å². The second-order valence-corrected chi connectivity index (χ2v) is 5.93. The van der Waals surface area contributed by atoms with Crippen LogP contribution in [-0.4, -0.2) is 33.1 Å². The molecule has 1 aromatic heterocycles. The zero-order valence-electron chi connectivity index (χ0n) is 12.4. The zero-order chi connectivity index (χ0) is 14.8. The molecule has 0 bridgehead atoms. The molecular weight excluding hydrogens is 240 g/mol. The first-order valence-corrected chi connectivity index (χ1v) is 6.46. The van der Waals surface area contributed by atoms with Gasteiger partial charge in [-0.1, -0.05) is 19.9 Å². The van der Waals surface area contributed by atoms with Crippen molar-refractivity contribution in [2.75, 3.05) is 12.3 Å². The van der Waals surface area contributed by atoms with Gasteiger partial charge in [-0.15, -0.1) is 6.58 Å². The summed E-state index contributed by atoms with van der Waals surface area (Å²) in [5.74, 6) is 0.0320. The van der Waals surface area contributed by atoms with Gasteiger partial charge in [-0.2, -0.15) is 5.10 Å². The highest BCUT2D eigenvalue weighted by Crippen LogP contribution is 2.25. The SMILES string of the molecule is C=CCN(C(=O)c1n[nH]c(C(C)C)c1N)C(C)(C)C. The van der Waals surface area contributed by atoms with Gasteiger partial charge >= 0.3 is 0 Å². The molecule has 106 valence electrons. The number of amides is 1. The Morgan fingerprint density at radius 1 is 1.53 bits per heavy atom. The maximum absolute atomic E-state index is 12.6. The van der Waals surface area contributed by atoms with Gasteiger partial charge < -0.3 is 10.6 Å². The standard InChI is InChI=1S/C14H24N4O/c1-7-8-18(14(4,5)6)13(19)12-10(15)11(9(2)3)16-17-12/h7,9H,1,8,15H2,2-6H3,(H,16,17). The Hall–Kier alpha value is -1.78. The number of rotatable bonds is 4. The summed E-state index contributed by atoms with van der Waals surface area (Å²) in [4.78, 5) is 14.3. The van der Waals surface area contributed by atoms with E-state index in [-0.39, 0.29) is 17.4 Å². The molecule has 0 aliphatic heterocycles. The normalized spacial score (nSPS) is 11.7. The molecule has 0 saturated carbocycles. The fraction of sp³-hybridized carbons (Fsp3) is 0.571. The van der Waals surface area contributed by atoms with Crippen molar-refractivity contribution in [3.8, 4) is 0 Å². The third kappa shape index (κ3) is 3.16. The Labute approximate surface area is 114 Å². The number of nitrogens with two attached hydrogens (primary N) is 1. The van der Waals surface area contributed by atoms with E-state index < -0.39 is 0 Å². The number of nitrogens with zero attached hydrogens (tertiary/aromatic N) is 2. The molecule has 0 atom stereocenters. The van der Waals surface area contributed by atoms with Gasteiger partial charge in [0.25, 0.3) is 5.91 Å². The molecule has 1 aromatic rings. The minimum absolute atomic E-state index is 0.173. The van der Waals surface area contributed by atoms with Crippen LogP contribution in [-0.2, 0) is 0 Å². The second-order valence-electron chi connectivity index (χ2n) is 5.93. The van der Waals surface area contributed by atoms with E-state index in [0.717, 1.165) is 5.69 Å². The predicted molar refractivity (Wildman–Crippen MR) is 78.1 cm³/mol. The van der Waals surface area contributed by atoms with Crippen molar-refractivity contribution in [3.63, 3.8) is 0 Å². The Morgan fingerprint density at radius 3 is 2.47 bits per heavy atom. The monoisotopic (exact) mass is 264 g/mol. The molecule has 1 rings (SSSR count). The Morgan fingerprint density at radius 2 is 2.11 bits per heavy atom. The summed E-state index contributed by atoms with van der Waals surface area (Å²) >= 11 is 0. The molecule has 5 nitrogen and oxygen atoms in total. The quantitative estimate of drug-likeness (QED) is 0.821. The molecule has 1 heterocycles. The van der Waals surface area contributed by atoms with Gasteiger partial charge in [0.2, 0.25) is 0 Å². The number of aromatic amines is 1. The van der Waals surface area contributed by atoms with Crippen molar-refractivity contribution in [1.82, 2.24) is 15.1 Å². The third-order valence-corrected chi connectivity index (χ3v) is 2.98. The summed E-state index contributed by atoms with van der Waals surface area (Å²) < 4.78 is 0. The largest absolute Gasteiger partial charge is 0.395 e. The summed E-state index contributed by atoms with van der Waals surface area (Å²) in [6.07, 6.45) is 1.70. The highest BCUT2D eigenvalue weighted by molar-refractivity contribution is 5.98. The van der Waals surface area contributed by atoms with Gasteiger partial charge in [-0.05, 0) is 26.7 Å². The summed E-state index contributed by atoms with van der Waals surface area (Å²) in [5.41, 5.74) is 7.24. The van der Waals surface area contributed by atoms with Gasteiger partial charge in [0.05, 0.1) is 11.4 Å². The van der Waals surface area contributed by atoms with Gasteiger partial charge in [0.15, 0.2) is 5.69 Å². The first kappa shape index (κ1) is 15.3. The van der Waals surface area contributed by atoms with Crippen LogP contribution < -0.4 is 5.73 Å². The summed E-state index contributed by atoms with van der Waals surface area (Å²) in [7, 11) is 0. The molecule has 19 heavy (non-hydrogen) atoms. The van der Waals surface area contributed by atoms with E-state index >= 15 is 0 Å². The van der Waals surface area contributed by atoms with Crippen LogP contribution in [0.4, 0.5) is 5.69 Å². The van der Waals surface area contributed by atoms with Crippen molar-refractivity contribution < 1.29 is 4.79 Å². The fourth-order valence-corrected chi connectivity index (χ4v) is 1.89. The van der Waals surface area contributed by atoms with E-state index in [1.54, 1.807) is 11.0 Å². The number of anilines is 1. The van der Waals surface area contributed by atoms with Crippen molar-refractivity contribution >= 4 is 11.6 Å². The van der Waals surface area contributed by atoms with Crippen LogP contribution in [0.2, 0.25) is 0 Å². The third-order valence-electron chi connectivity index (χ3n) is 2.98. The molecule has 3 N–H and O–H groups in total. The Balaban J connectivity index is 3.14. The maximum Gasteiger partial charge on any atom is 0.277 e. The van der Waals surface area contributed by atoms with Gasteiger partial charge in [0, 0.05) is 12.1 Å². The van der Waals surface area contributed by atoms with E-state index in [9.17, 15) is 4.79 Å². The molecular formula is C14H24N4O. The summed E-state index contributed by atoms with van der Waals surface area (Å²) in [6, 6.07) is 0. The first-order chi connectivity index (χ1) is 8.70. The molecule has 0 aliphatic carbocycles. The van der Waals surface area contributed by atoms with Crippen LogP contribution in [0.3, 0.4) is 0 Å². The number of nitrogens with one attached hydrogen (secondary N) is 1. The lowest BCUT2D eigenvalue weighted by Gasteiger charge is -2.34. The van der Waals surface area contributed by atoms with E-state index in [0.29, 0.717) is 17.9 Å². The number of hydrogen-bond acceptors (Lipinski definition) is 3. The molecule has 0 radical (unpaired) electrons. The highest BCUT2D eigenvalue weighted by Gasteiger charge is 2.30. The van der Waals surface area contributed by atoms with E-state index in [1.807, 2.05) is 34.6 Å². The number of aromatic nitrogens is 2. The number of H-pyrrole nitrogens is 1. The molecule has 5 heteroatoms. The van der Waals surface area contributed by atoms with Gasteiger partial charge in [-0.3, -0.25) is 9.89 Å². The second kappa shape index (κ2) is 5.47. The van der Waals surface area contributed by atoms with Gasteiger partial charge in [-0.25, -0.2) is 0 Å². The van der Waals surface area contributed by atoms with Crippen LogP contribution in [0.5, 0.6) is 0 Å². The Kier molecular flexibility index (Phi) is 4.39. The topological polar surface area (TPSA) is 75.0 Å². The van der Waals surface area contributed by atoms with Crippen LogP contribution in [0.15, 0.2) is 12.7 Å². The average Bonchev–Trinajstić information content (AvgIpc) is 2.65. The number of carbonyl (C=O) groups is 1. The number of carbonyl (C=O) groups excluding carboxylic acids is 1. The Bertz CT molecular complexity index is 468. The maximum atomic E-state index is 12.6. The fourth-order valence-electron chi connectivity index (χ4n) is 1.89. The summed E-state index contributed by atoms with van der Waals surface area (Å²) in [5, 5.41) is 6.93. The zero-order valence-corrected chi connectivity index (χ0v) is 12.4. The van der Waals surface area contributed by atoms with E-state index in [1.165, 1.54) is 0 Å². The summed E-state index contributed by atoms with van der Waals surface area (Å²) in [6.45, 7) is 14.1. The predicted octanol–water partition coefficient (Wildman–Crippen LogP) is 2.54. The average molecular weight is 264 g/mol. The molecule has 1 amide bonds. The lowest BCUT2D eigenvalue weighted by atomic mass is 10.0. The van der Waals surface area contributed by atoms with Crippen LogP contribution >= 0.6 is 0 Å². The molecule has 0 unspecified atom stereocenters. The van der Waals surface area contributed by atoms with Crippen LogP contribution in [0.25, 0.3) is 0 Å².